The highest BCUT2D eigenvalue weighted by molar-refractivity contribution is 6.29. The van der Waals surface area contributed by atoms with E-state index in [9.17, 15) is 0 Å². The second-order valence-corrected chi connectivity index (χ2v) is 5.60. The van der Waals surface area contributed by atoms with E-state index in [1.54, 1.807) is 6.20 Å². The van der Waals surface area contributed by atoms with Gasteiger partial charge in [0.05, 0.1) is 12.7 Å². The lowest BCUT2D eigenvalue weighted by Gasteiger charge is -2.38. The minimum atomic E-state index is 0.485. The predicted octanol–water partition coefficient (Wildman–Crippen LogP) is 2.02. The van der Waals surface area contributed by atoms with Crippen molar-refractivity contribution in [2.75, 3.05) is 13.1 Å². The molecule has 0 aromatic carbocycles. The fourth-order valence-electron chi connectivity index (χ4n) is 2.76. The second kappa shape index (κ2) is 6.04. The fourth-order valence-corrected chi connectivity index (χ4v) is 2.91. The first-order chi connectivity index (χ1) is 8.65. The Bertz CT molecular complexity index is 390. The molecule has 0 bridgehead atoms. The first-order valence-electron chi connectivity index (χ1n) is 6.75. The highest BCUT2D eigenvalue weighted by Crippen LogP contribution is 2.26. The van der Waals surface area contributed by atoms with Gasteiger partial charge in [-0.1, -0.05) is 24.9 Å². The van der Waals surface area contributed by atoms with E-state index in [0.29, 0.717) is 11.2 Å². The standard InChI is InChI=1S/C13H23ClN4/c1-3-10-4-5-18(11(6-10)7-15)9-13-16-8-12(14)17(13)2/h8,10-11H,3-7,9,15H2,1-2H3. The molecular formula is C13H23ClN4. The first kappa shape index (κ1) is 13.8. The SMILES string of the molecule is CCC1CCN(Cc2ncc(Cl)n2C)C(CN)C1. The Labute approximate surface area is 114 Å². The molecule has 102 valence electrons. The lowest BCUT2D eigenvalue weighted by Crippen LogP contribution is -2.46. The van der Waals surface area contributed by atoms with Gasteiger partial charge >= 0.3 is 0 Å². The number of rotatable bonds is 4. The van der Waals surface area contributed by atoms with Crippen LogP contribution in [0.4, 0.5) is 0 Å². The van der Waals surface area contributed by atoms with Gasteiger partial charge in [-0.25, -0.2) is 4.98 Å². The van der Waals surface area contributed by atoms with Gasteiger partial charge in [0.2, 0.25) is 0 Å². The number of hydrogen-bond donors (Lipinski definition) is 1. The normalized spacial score (nSPS) is 25.6. The van der Waals surface area contributed by atoms with Crippen LogP contribution in [0.25, 0.3) is 0 Å². The maximum Gasteiger partial charge on any atom is 0.128 e. The van der Waals surface area contributed by atoms with E-state index in [1.165, 1.54) is 19.3 Å². The highest BCUT2D eigenvalue weighted by Gasteiger charge is 2.27. The Balaban J connectivity index is 2.02. The third kappa shape index (κ3) is 2.87. The van der Waals surface area contributed by atoms with E-state index in [-0.39, 0.29) is 0 Å². The molecule has 0 saturated carbocycles. The molecule has 4 nitrogen and oxygen atoms in total. The topological polar surface area (TPSA) is 47.1 Å². The van der Waals surface area contributed by atoms with Crippen molar-refractivity contribution in [2.24, 2.45) is 18.7 Å². The number of nitrogens with two attached hydrogens (primary N) is 1. The number of hydrogen-bond acceptors (Lipinski definition) is 3. The van der Waals surface area contributed by atoms with Crippen molar-refractivity contribution in [1.29, 1.82) is 0 Å². The molecule has 2 heterocycles. The molecule has 2 unspecified atom stereocenters. The van der Waals surface area contributed by atoms with E-state index >= 15 is 0 Å². The zero-order chi connectivity index (χ0) is 13.1. The third-order valence-corrected chi connectivity index (χ3v) is 4.52. The van der Waals surface area contributed by atoms with Crippen LogP contribution in [-0.2, 0) is 13.6 Å². The van der Waals surface area contributed by atoms with Crippen LogP contribution in [0.2, 0.25) is 5.15 Å². The van der Waals surface area contributed by atoms with Gasteiger partial charge in [-0.2, -0.15) is 0 Å². The Morgan fingerprint density at radius 1 is 1.56 bits per heavy atom. The van der Waals surface area contributed by atoms with Crippen LogP contribution < -0.4 is 5.73 Å². The van der Waals surface area contributed by atoms with Crippen LogP contribution in [-0.4, -0.2) is 33.6 Å². The molecule has 5 heteroatoms. The van der Waals surface area contributed by atoms with E-state index in [1.807, 2.05) is 11.6 Å². The number of piperidine rings is 1. The van der Waals surface area contributed by atoms with Crippen molar-refractivity contribution in [2.45, 2.75) is 38.8 Å². The summed E-state index contributed by atoms with van der Waals surface area (Å²) >= 11 is 6.02. The molecule has 1 aromatic heterocycles. The fraction of sp³-hybridized carbons (Fsp3) is 0.769. The minimum absolute atomic E-state index is 0.485. The molecule has 0 radical (unpaired) electrons. The van der Waals surface area contributed by atoms with Gasteiger partial charge in [-0.05, 0) is 25.3 Å². The van der Waals surface area contributed by atoms with E-state index < -0.39 is 0 Å². The molecule has 0 spiro atoms. The Morgan fingerprint density at radius 3 is 2.89 bits per heavy atom. The van der Waals surface area contributed by atoms with Gasteiger partial charge in [-0.3, -0.25) is 4.90 Å². The predicted molar refractivity (Wildman–Crippen MR) is 74.5 cm³/mol. The van der Waals surface area contributed by atoms with Crippen molar-refractivity contribution in [1.82, 2.24) is 14.5 Å². The minimum Gasteiger partial charge on any atom is -0.329 e. The summed E-state index contributed by atoms with van der Waals surface area (Å²) in [5.74, 6) is 1.85. The van der Waals surface area contributed by atoms with Crippen LogP contribution in [0.15, 0.2) is 6.20 Å². The van der Waals surface area contributed by atoms with Crippen molar-refractivity contribution in [3.05, 3.63) is 17.2 Å². The molecule has 2 N–H and O–H groups in total. The molecule has 1 saturated heterocycles. The van der Waals surface area contributed by atoms with Gasteiger partial charge in [0.15, 0.2) is 0 Å². The Morgan fingerprint density at radius 2 is 2.33 bits per heavy atom. The highest BCUT2D eigenvalue weighted by atomic mass is 35.5. The van der Waals surface area contributed by atoms with Crippen molar-refractivity contribution in [3.63, 3.8) is 0 Å². The van der Waals surface area contributed by atoms with E-state index in [4.69, 9.17) is 17.3 Å². The zero-order valence-corrected chi connectivity index (χ0v) is 12.0. The maximum atomic E-state index is 6.02. The van der Waals surface area contributed by atoms with Crippen LogP contribution >= 0.6 is 11.6 Å². The molecule has 1 aliphatic heterocycles. The molecule has 18 heavy (non-hydrogen) atoms. The van der Waals surface area contributed by atoms with Gasteiger partial charge in [-0.15, -0.1) is 0 Å². The average molecular weight is 271 g/mol. The molecule has 1 fully saturated rings. The van der Waals surface area contributed by atoms with Crippen LogP contribution in [0, 0.1) is 5.92 Å². The van der Waals surface area contributed by atoms with Crippen molar-refractivity contribution >= 4 is 11.6 Å². The largest absolute Gasteiger partial charge is 0.329 e. The number of nitrogens with zero attached hydrogens (tertiary/aromatic N) is 3. The summed E-state index contributed by atoms with van der Waals surface area (Å²) < 4.78 is 1.95. The van der Waals surface area contributed by atoms with Crippen LogP contribution in [0.5, 0.6) is 0 Å². The summed E-state index contributed by atoms with van der Waals surface area (Å²) in [6.07, 6.45) is 5.46. The monoisotopic (exact) mass is 270 g/mol. The van der Waals surface area contributed by atoms with Gasteiger partial charge in [0.1, 0.15) is 11.0 Å². The van der Waals surface area contributed by atoms with Crippen LogP contribution in [0.3, 0.4) is 0 Å². The quantitative estimate of drug-likeness (QED) is 0.911. The molecule has 0 amide bonds. The third-order valence-electron chi connectivity index (χ3n) is 4.17. The zero-order valence-electron chi connectivity index (χ0n) is 11.3. The molecule has 2 atom stereocenters. The van der Waals surface area contributed by atoms with Crippen LogP contribution in [0.1, 0.15) is 32.0 Å². The number of aromatic nitrogens is 2. The molecule has 1 aromatic rings. The lowest BCUT2D eigenvalue weighted by atomic mass is 9.89. The second-order valence-electron chi connectivity index (χ2n) is 5.21. The van der Waals surface area contributed by atoms with E-state index in [2.05, 4.69) is 16.8 Å². The van der Waals surface area contributed by atoms with Crippen molar-refractivity contribution < 1.29 is 0 Å². The first-order valence-corrected chi connectivity index (χ1v) is 7.13. The molecule has 1 aliphatic rings. The number of imidazole rings is 1. The van der Waals surface area contributed by atoms with Crippen molar-refractivity contribution in [3.8, 4) is 0 Å². The lowest BCUT2D eigenvalue weighted by molar-refractivity contribution is 0.104. The Kier molecular flexibility index (Phi) is 4.65. The molecule has 0 aliphatic carbocycles. The number of halogens is 1. The summed E-state index contributed by atoms with van der Waals surface area (Å²) in [4.78, 5) is 6.82. The number of likely N-dealkylation sites (tertiary alicyclic amines) is 1. The Hall–Kier alpha value is -0.580. The van der Waals surface area contributed by atoms with Gasteiger partial charge in [0, 0.05) is 19.6 Å². The maximum absolute atomic E-state index is 6.02. The smallest absolute Gasteiger partial charge is 0.128 e. The summed E-state index contributed by atoms with van der Waals surface area (Å²) in [7, 11) is 1.96. The van der Waals surface area contributed by atoms with Gasteiger partial charge < -0.3 is 10.3 Å². The summed E-state index contributed by atoms with van der Waals surface area (Å²) in [5.41, 5.74) is 5.91. The summed E-state index contributed by atoms with van der Waals surface area (Å²) in [5, 5.41) is 0.692. The molecular weight excluding hydrogens is 248 g/mol. The summed E-state index contributed by atoms with van der Waals surface area (Å²) in [6.45, 7) is 4.97. The summed E-state index contributed by atoms with van der Waals surface area (Å²) in [6, 6.07) is 0.485. The molecule has 2 rings (SSSR count). The van der Waals surface area contributed by atoms with E-state index in [0.717, 1.165) is 31.4 Å². The average Bonchev–Trinajstić information content (AvgIpc) is 2.71. The van der Waals surface area contributed by atoms with Gasteiger partial charge in [0.25, 0.3) is 0 Å².